The molecule has 1 N–H and O–H groups in total. The summed E-state index contributed by atoms with van der Waals surface area (Å²) in [7, 11) is 1.52. The Kier molecular flexibility index (Phi) is 5.30. The number of carbonyl (C=O) groups excluding carboxylic acids is 2. The van der Waals surface area contributed by atoms with E-state index in [4.69, 9.17) is 4.74 Å². The Labute approximate surface area is 173 Å². The zero-order chi connectivity index (χ0) is 21.1. The molecule has 0 aliphatic carbocycles. The van der Waals surface area contributed by atoms with Crippen molar-refractivity contribution >= 4 is 23.1 Å². The van der Waals surface area contributed by atoms with Crippen molar-refractivity contribution in [2.75, 3.05) is 12.4 Å². The van der Waals surface area contributed by atoms with Crippen LogP contribution in [0.25, 0.3) is 5.57 Å². The number of carbonyl (C=O) groups is 2. The van der Waals surface area contributed by atoms with E-state index >= 15 is 0 Å². The van der Waals surface area contributed by atoms with Gasteiger partial charge in [-0.3, -0.25) is 14.5 Å². The average molecular weight is 402 g/mol. The highest BCUT2D eigenvalue weighted by Gasteiger charge is 2.40. The summed E-state index contributed by atoms with van der Waals surface area (Å²) in [5.41, 5.74) is 2.28. The van der Waals surface area contributed by atoms with Crippen molar-refractivity contribution in [2.24, 2.45) is 0 Å². The van der Waals surface area contributed by atoms with Gasteiger partial charge in [0.1, 0.15) is 17.3 Å². The van der Waals surface area contributed by atoms with E-state index in [2.05, 4.69) is 5.32 Å². The minimum Gasteiger partial charge on any atom is -0.496 e. The van der Waals surface area contributed by atoms with Crippen LogP contribution in [-0.4, -0.2) is 23.8 Å². The molecule has 6 heteroatoms. The van der Waals surface area contributed by atoms with Gasteiger partial charge in [-0.15, -0.1) is 0 Å². The Hall–Kier alpha value is -3.93. The molecule has 1 aliphatic rings. The van der Waals surface area contributed by atoms with Crippen molar-refractivity contribution < 1.29 is 18.7 Å². The molecule has 0 aromatic heterocycles. The minimum atomic E-state index is -0.450. The number of hydrogen-bond donors (Lipinski definition) is 1. The predicted molar refractivity (Wildman–Crippen MR) is 112 cm³/mol. The van der Waals surface area contributed by atoms with E-state index < -0.39 is 11.8 Å². The second-order valence-corrected chi connectivity index (χ2v) is 6.76. The molecule has 150 valence electrons. The molecule has 0 saturated heterocycles. The van der Waals surface area contributed by atoms with Crippen LogP contribution in [0.15, 0.2) is 84.6 Å². The number of rotatable bonds is 6. The molecule has 5 nitrogen and oxygen atoms in total. The van der Waals surface area contributed by atoms with Crippen molar-refractivity contribution in [3.63, 3.8) is 0 Å². The first-order valence-electron chi connectivity index (χ1n) is 9.39. The maximum Gasteiger partial charge on any atom is 0.278 e. The molecular weight excluding hydrogens is 383 g/mol. The number of methoxy groups -OCH3 is 1. The van der Waals surface area contributed by atoms with E-state index in [1.165, 1.54) is 19.2 Å². The van der Waals surface area contributed by atoms with Gasteiger partial charge in [0.2, 0.25) is 0 Å². The monoisotopic (exact) mass is 402 g/mol. The number of nitrogens with one attached hydrogen (secondary N) is 1. The molecule has 2 amide bonds. The molecule has 0 bridgehead atoms. The number of halogens is 1. The van der Waals surface area contributed by atoms with Crippen LogP contribution >= 0.6 is 0 Å². The SMILES string of the molecule is COc1ccccc1C1=C(Nc2ccccc2)C(=O)N(Cc2ccc(F)cc2)C1=O. The molecule has 0 spiro atoms. The van der Waals surface area contributed by atoms with E-state index in [1.54, 1.807) is 36.4 Å². The van der Waals surface area contributed by atoms with Crippen molar-refractivity contribution in [3.8, 4) is 5.75 Å². The van der Waals surface area contributed by atoms with Crippen LogP contribution in [0.5, 0.6) is 5.75 Å². The molecule has 0 atom stereocenters. The zero-order valence-electron chi connectivity index (χ0n) is 16.3. The van der Waals surface area contributed by atoms with E-state index in [1.807, 2.05) is 30.3 Å². The number of ether oxygens (including phenoxy) is 1. The summed E-state index contributed by atoms with van der Waals surface area (Å²) in [6.45, 7) is 0.0383. The maximum absolute atomic E-state index is 13.3. The summed E-state index contributed by atoms with van der Waals surface area (Å²) in [6, 6.07) is 21.9. The molecule has 1 heterocycles. The third kappa shape index (κ3) is 3.67. The Balaban J connectivity index is 1.77. The van der Waals surface area contributed by atoms with Gasteiger partial charge in [-0.05, 0) is 35.9 Å². The van der Waals surface area contributed by atoms with Crippen LogP contribution in [0.1, 0.15) is 11.1 Å². The van der Waals surface area contributed by atoms with Gasteiger partial charge in [-0.25, -0.2) is 4.39 Å². The number of benzene rings is 3. The van der Waals surface area contributed by atoms with Gasteiger partial charge in [0, 0.05) is 11.3 Å². The lowest BCUT2D eigenvalue weighted by Crippen LogP contribution is -2.32. The van der Waals surface area contributed by atoms with Gasteiger partial charge >= 0.3 is 0 Å². The highest BCUT2D eigenvalue weighted by atomic mass is 19.1. The molecule has 0 fully saturated rings. The first-order valence-corrected chi connectivity index (χ1v) is 9.39. The highest BCUT2D eigenvalue weighted by Crippen LogP contribution is 2.35. The zero-order valence-corrected chi connectivity index (χ0v) is 16.3. The second kappa shape index (κ2) is 8.21. The van der Waals surface area contributed by atoms with E-state index in [0.29, 0.717) is 22.6 Å². The summed E-state index contributed by atoms with van der Waals surface area (Å²) in [4.78, 5) is 27.7. The number of nitrogens with zero attached hydrogens (tertiary/aromatic N) is 1. The lowest BCUT2D eigenvalue weighted by molar-refractivity contribution is -0.137. The van der Waals surface area contributed by atoms with E-state index in [9.17, 15) is 14.0 Å². The molecule has 30 heavy (non-hydrogen) atoms. The average Bonchev–Trinajstić information content (AvgIpc) is 3.00. The fraction of sp³-hybridized carbons (Fsp3) is 0.0833. The van der Waals surface area contributed by atoms with Crippen molar-refractivity contribution in [3.05, 3.63) is 102 Å². The lowest BCUT2D eigenvalue weighted by Gasteiger charge is -2.15. The standard InChI is InChI=1S/C24H19FN2O3/c1-30-20-10-6-5-9-19(20)21-22(26-18-7-3-2-4-8-18)24(29)27(23(21)28)15-16-11-13-17(25)14-12-16/h2-14,26H,15H2,1H3. The molecule has 0 saturated carbocycles. The quantitative estimate of drug-likeness (QED) is 0.627. The smallest absolute Gasteiger partial charge is 0.278 e. The van der Waals surface area contributed by atoms with Gasteiger partial charge in [0.05, 0.1) is 19.2 Å². The van der Waals surface area contributed by atoms with Gasteiger partial charge in [0.15, 0.2) is 0 Å². The van der Waals surface area contributed by atoms with Crippen molar-refractivity contribution in [1.29, 1.82) is 0 Å². The molecule has 0 radical (unpaired) electrons. The van der Waals surface area contributed by atoms with Crippen molar-refractivity contribution in [1.82, 2.24) is 4.90 Å². The van der Waals surface area contributed by atoms with Crippen LogP contribution < -0.4 is 10.1 Å². The molecule has 4 rings (SSSR count). The number of imide groups is 1. The molecule has 3 aromatic carbocycles. The predicted octanol–water partition coefficient (Wildman–Crippen LogP) is 4.23. The third-order valence-electron chi connectivity index (χ3n) is 4.84. The summed E-state index contributed by atoms with van der Waals surface area (Å²) in [5.74, 6) is -0.775. The van der Waals surface area contributed by atoms with Gasteiger partial charge in [-0.1, -0.05) is 48.5 Å². The van der Waals surface area contributed by atoms with Crippen LogP contribution in [0.4, 0.5) is 10.1 Å². The van der Waals surface area contributed by atoms with Gasteiger partial charge in [0.25, 0.3) is 11.8 Å². The van der Waals surface area contributed by atoms with Crippen LogP contribution in [0.2, 0.25) is 0 Å². The first-order chi connectivity index (χ1) is 14.6. The summed E-state index contributed by atoms with van der Waals surface area (Å²) in [5, 5.41) is 3.10. The number of hydrogen-bond acceptors (Lipinski definition) is 4. The minimum absolute atomic E-state index is 0.0383. The summed E-state index contributed by atoms with van der Waals surface area (Å²) < 4.78 is 18.7. The normalized spacial score (nSPS) is 13.7. The lowest BCUT2D eigenvalue weighted by atomic mass is 10.0. The molecule has 1 aliphatic heterocycles. The van der Waals surface area contributed by atoms with Crippen LogP contribution in [0.3, 0.4) is 0 Å². The summed E-state index contributed by atoms with van der Waals surface area (Å²) >= 11 is 0. The fourth-order valence-electron chi connectivity index (χ4n) is 3.37. The number of anilines is 1. The van der Waals surface area contributed by atoms with Crippen molar-refractivity contribution in [2.45, 2.75) is 6.54 Å². The largest absolute Gasteiger partial charge is 0.496 e. The molecule has 3 aromatic rings. The first kappa shape index (κ1) is 19.4. The van der Waals surface area contributed by atoms with Crippen LogP contribution in [-0.2, 0) is 16.1 Å². The number of amides is 2. The highest BCUT2D eigenvalue weighted by molar-refractivity contribution is 6.36. The topological polar surface area (TPSA) is 58.6 Å². The number of para-hydroxylation sites is 2. The maximum atomic E-state index is 13.3. The van der Waals surface area contributed by atoms with Gasteiger partial charge < -0.3 is 10.1 Å². The Morgan fingerprint density at radius 3 is 2.23 bits per heavy atom. The molecular formula is C24H19FN2O3. The molecule has 0 unspecified atom stereocenters. The Morgan fingerprint density at radius 2 is 1.53 bits per heavy atom. The van der Waals surface area contributed by atoms with Crippen LogP contribution in [0, 0.1) is 5.82 Å². The summed E-state index contributed by atoms with van der Waals surface area (Å²) in [6.07, 6.45) is 0. The Bertz CT molecular complexity index is 1120. The van der Waals surface area contributed by atoms with E-state index in [-0.39, 0.29) is 23.6 Å². The Morgan fingerprint density at radius 1 is 0.867 bits per heavy atom. The second-order valence-electron chi connectivity index (χ2n) is 6.76. The van der Waals surface area contributed by atoms with Gasteiger partial charge in [-0.2, -0.15) is 0 Å². The van der Waals surface area contributed by atoms with E-state index in [0.717, 1.165) is 4.90 Å². The fourth-order valence-corrected chi connectivity index (χ4v) is 3.37. The third-order valence-corrected chi connectivity index (χ3v) is 4.84.